The molecule has 0 bridgehead atoms. The fourth-order valence-corrected chi connectivity index (χ4v) is 4.56. The molecule has 0 spiro atoms. The standard InChI is InChI=1S/C21H24O6/c1-10-3-4-15(24)19-14(10)9-13-8-12(5-6-22)17(16(25)7-11(2)23)20(26)18(13)21(19)27/h3-4,12-13,17,22,24,26H,5-9H2,1-2H3. The van der Waals surface area contributed by atoms with Gasteiger partial charge in [0.2, 0.25) is 0 Å². The third-order valence-corrected chi connectivity index (χ3v) is 5.75. The smallest absolute Gasteiger partial charge is 0.196 e. The number of ketones is 3. The molecule has 0 saturated heterocycles. The average Bonchev–Trinajstić information content (AvgIpc) is 2.57. The van der Waals surface area contributed by atoms with Crippen molar-refractivity contribution in [3.8, 4) is 5.75 Å². The maximum absolute atomic E-state index is 13.1. The van der Waals surface area contributed by atoms with Crippen LogP contribution in [0.15, 0.2) is 23.5 Å². The molecule has 1 aromatic rings. The predicted octanol–water partition coefficient (Wildman–Crippen LogP) is 2.43. The first-order valence-electron chi connectivity index (χ1n) is 9.18. The summed E-state index contributed by atoms with van der Waals surface area (Å²) in [7, 11) is 0. The number of rotatable bonds is 5. The molecule has 144 valence electrons. The fraction of sp³-hybridized carbons (Fsp3) is 0.476. The third-order valence-electron chi connectivity index (χ3n) is 5.75. The van der Waals surface area contributed by atoms with Crippen LogP contribution in [0, 0.1) is 24.7 Å². The Morgan fingerprint density at radius 3 is 2.56 bits per heavy atom. The number of carbonyl (C=O) groups is 3. The van der Waals surface area contributed by atoms with Crippen LogP contribution in [0.1, 0.15) is 47.7 Å². The van der Waals surface area contributed by atoms with Gasteiger partial charge in [0.25, 0.3) is 0 Å². The molecular formula is C21H24O6. The number of hydrogen-bond donors (Lipinski definition) is 3. The highest BCUT2D eigenvalue weighted by atomic mass is 16.3. The largest absolute Gasteiger partial charge is 0.511 e. The lowest BCUT2D eigenvalue weighted by atomic mass is 9.64. The van der Waals surface area contributed by atoms with Gasteiger partial charge in [-0.25, -0.2) is 0 Å². The Labute approximate surface area is 157 Å². The van der Waals surface area contributed by atoms with Crippen molar-refractivity contribution in [2.45, 2.75) is 39.5 Å². The number of phenolic OH excluding ortho intramolecular Hbond substituents is 1. The molecule has 3 rings (SSSR count). The second-order valence-electron chi connectivity index (χ2n) is 7.62. The Morgan fingerprint density at radius 2 is 1.93 bits per heavy atom. The Morgan fingerprint density at radius 1 is 1.22 bits per heavy atom. The Balaban J connectivity index is 2.11. The minimum atomic E-state index is -0.968. The van der Waals surface area contributed by atoms with E-state index < -0.39 is 17.5 Å². The summed E-state index contributed by atoms with van der Waals surface area (Å²) < 4.78 is 0. The van der Waals surface area contributed by atoms with Gasteiger partial charge in [-0.1, -0.05) is 6.07 Å². The molecule has 0 fully saturated rings. The third kappa shape index (κ3) is 3.30. The van der Waals surface area contributed by atoms with Crippen LogP contribution in [0.5, 0.6) is 5.75 Å². The van der Waals surface area contributed by atoms with Crippen molar-refractivity contribution in [1.29, 1.82) is 0 Å². The van der Waals surface area contributed by atoms with Crippen LogP contribution in [0.25, 0.3) is 0 Å². The van der Waals surface area contributed by atoms with E-state index in [1.54, 1.807) is 6.07 Å². The lowest BCUT2D eigenvalue weighted by molar-refractivity contribution is -0.129. The first kappa shape index (κ1) is 19.3. The summed E-state index contributed by atoms with van der Waals surface area (Å²) in [5.41, 5.74) is 2.01. The first-order valence-corrected chi connectivity index (χ1v) is 9.18. The molecular weight excluding hydrogens is 348 g/mol. The highest BCUT2D eigenvalue weighted by molar-refractivity contribution is 6.14. The number of aliphatic hydroxyl groups is 2. The molecule has 1 aromatic carbocycles. The van der Waals surface area contributed by atoms with Crippen LogP contribution in [0.3, 0.4) is 0 Å². The molecule has 3 N–H and O–H groups in total. The SMILES string of the molecule is CC(=O)CC(=O)C1C(O)=C2C(=O)c3c(O)ccc(C)c3CC2CC1CCO. The van der Waals surface area contributed by atoms with Gasteiger partial charge in [0.15, 0.2) is 11.6 Å². The number of Topliss-reactive ketones (excluding diaryl/α,β-unsaturated/α-hetero) is 3. The molecule has 6 nitrogen and oxygen atoms in total. The summed E-state index contributed by atoms with van der Waals surface area (Å²) in [4.78, 5) is 37.1. The van der Waals surface area contributed by atoms with E-state index in [9.17, 15) is 29.7 Å². The lowest BCUT2D eigenvalue weighted by Crippen LogP contribution is -2.39. The van der Waals surface area contributed by atoms with E-state index in [1.165, 1.54) is 13.0 Å². The van der Waals surface area contributed by atoms with Crippen molar-refractivity contribution in [2.24, 2.45) is 17.8 Å². The second-order valence-corrected chi connectivity index (χ2v) is 7.62. The van der Waals surface area contributed by atoms with Crippen molar-refractivity contribution in [3.63, 3.8) is 0 Å². The molecule has 0 amide bonds. The molecule has 6 heteroatoms. The van der Waals surface area contributed by atoms with E-state index in [4.69, 9.17) is 0 Å². The van der Waals surface area contributed by atoms with E-state index in [-0.39, 0.29) is 53.3 Å². The molecule has 0 saturated carbocycles. The first-order chi connectivity index (χ1) is 12.8. The number of carbonyl (C=O) groups excluding carboxylic acids is 3. The second kappa shape index (κ2) is 7.27. The molecule has 0 aliphatic heterocycles. The Hall–Kier alpha value is -2.47. The molecule has 27 heavy (non-hydrogen) atoms. The number of hydrogen-bond acceptors (Lipinski definition) is 6. The topological polar surface area (TPSA) is 112 Å². The van der Waals surface area contributed by atoms with Gasteiger partial charge in [-0.05, 0) is 62.1 Å². The Bertz CT molecular complexity index is 850. The number of aromatic hydroxyl groups is 1. The molecule has 3 unspecified atom stereocenters. The van der Waals surface area contributed by atoms with Crippen LogP contribution in [0.4, 0.5) is 0 Å². The van der Waals surface area contributed by atoms with Gasteiger partial charge in [0, 0.05) is 12.2 Å². The molecule has 2 aliphatic carbocycles. The van der Waals surface area contributed by atoms with E-state index >= 15 is 0 Å². The van der Waals surface area contributed by atoms with Crippen molar-refractivity contribution in [1.82, 2.24) is 0 Å². The number of aliphatic hydroxyl groups excluding tert-OH is 2. The predicted molar refractivity (Wildman–Crippen MR) is 97.6 cm³/mol. The molecule has 0 radical (unpaired) electrons. The molecule has 0 heterocycles. The van der Waals surface area contributed by atoms with E-state index in [0.29, 0.717) is 19.3 Å². The number of aryl methyl sites for hydroxylation is 1. The van der Waals surface area contributed by atoms with Crippen molar-refractivity contribution >= 4 is 17.3 Å². The maximum Gasteiger partial charge on any atom is 0.196 e. The van der Waals surface area contributed by atoms with E-state index in [2.05, 4.69) is 0 Å². The zero-order valence-corrected chi connectivity index (χ0v) is 15.5. The monoisotopic (exact) mass is 372 g/mol. The summed E-state index contributed by atoms with van der Waals surface area (Å²) in [6.45, 7) is 3.03. The van der Waals surface area contributed by atoms with Gasteiger partial charge in [-0.2, -0.15) is 0 Å². The summed E-state index contributed by atoms with van der Waals surface area (Å²) >= 11 is 0. The number of phenols is 1. The maximum atomic E-state index is 13.1. The van der Waals surface area contributed by atoms with Crippen LogP contribution in [0.2, 0.25) is 0 Å². The molecule has 3 atom stereocenters. The van der Waals surface area contributed by atoms with Crippen LogP contribution >= 0.6 is 0 Å². The minimum absolute atomic E-state index is 0.136. The summed E-state index contributed by atoms with van der Waals surface area (Å²) in [6, 6.07) is 3.21. The van der Waals surface area contributed by atoms with Gasteiger partial charge < -0.3 is 15.3 Å². The highest BCUT2D eigenvalue weighted by Gasteiger charge is 2.46. The number of benzene rings is 1. The van der Waals surface area contributed by atoms with Crippen molar-refractivity contribution in [3.05, 3.63) is 40.2 Å². The van der Waals surface area contributed by atoms with E-state index in [0.717, 1.165) is 11.1 Å². The minimum Gasteiger partial charge on any atom is -0.511 e. The zero-order valence-electron chi connectivity index (χ0n) is 15.5. The van der Waals surface area contributed by atoms with Crippen molar-refractivity contribution < 1.29 is 29.7 Å². The average molecular weight is 372 g/mol. The summed E-state index contributed by atoms with van der Waals surface area (Å²) in [5.74, 6) is -3.21. The van der Waals surface area contributed by atoms with Gasteiger partial charge >= 0.3 is 0 Å². The van der Waals surface area contributed by atoms with Crippen LogP contribution < -0.4 is 0 Å². The van der Waals surface area contributed by atoms with Crippen LogP contribution in [-0.4, -0.2) is 39.3 Å². The Kier molecular flexibility index (Phi) is 5.20. The normalized spacial score (nSPS) is 24.4. The van der Waals surface area contributed by atoms with Gasteiger partial charge in [0.05, 0.1) is 17.9 Å². The number of allylic oxidation sites excluding steroid dienone is 2. The highest BCUT2D eigenvalue weighted by Crippen LogP contribution is 2.47. The van der Waals surface area contributed by atoms with Gasteiger partial charge in [0.1, 0.15) is 17.3 Å². The molecule has 0 aromatic heterocycles. The van der Waals surface area contributed by atoms with Crippen molar-refractivity contribution in [2.75, 3.05) is 6.61 Å². The van der Waals surface area contributed by atoms with E-state index in [1.807, 2.05) is 6.92 Å². The van der Waals surface area contributed by atoms with Crippen LogP contribution in [-0.2, 0) is 16.0 Å². The van der Waals surface area contributed by atoms with Gasteiger partial charge in [-0.15, -0.1) is 0 Å². The quantitative estimate of drug-likeness (QED) is 0.685. The lowest BCUT2D eigenvalue weighted by Gasteiger charge is -2.39. The summed E-state index contributed by atoms with van der Waals surface area (Å²) in [5, 5.41) is 30.4. The fourth-order valence-electron chi connectivity index (χ4n) is 4.56. The number of fused-ring (bicyclic) bond motifs is 2. The molecule has 2 aliphatic rings. The zero-order chi connectivity index (χ0) is 19.9. The summed E-state index contributed by atoms with van der Waals surface area (Å²) in [6.07, 6.45) is 0.941. The van der Waals surface area contributed by atoms with Gasteiger partial charge in [-0.3, -0.25) is 14.4 Å².